The van der Waals surface area contributed by atoms with Crippen LogP contribution in [0.3, 0.4) is 0 Å². The van der Waals surface area contributed by atoms with Crippen LogP contribution in [0.4, 0.5) is 0 Å². The molecule has 0 bridgehead atoms. The van der Waals surface area contributed by atoms with Crippen molar-refractivity contribution in [2.24, 2.45) is 0 Å². The van der Waals surface area contributed by atoms with Crippen molar-refractivity contribution >= 4 is 30.0 Å². The van der Waals surface area contributed by atoms with Crippen LogP contribution in [0.25, 0.3) is 0 Å². The van der Waals surface area contributed by atoms with Gasteiger partial charge in [-0.3, -0.25) is 9.69 Å². The van der Waals surface area contributed by atoms with Gasteiger partial charge in [-0.05, 0) is 36.2 Å². The topological polar surface area (TPSA) is 59.0 Å². The molecule has 1 saturated heterocycles. The Hall–Kier alpha value is -1.79. The van der Waals surface area contributed by atoms with Crippen molar-refractivity contribution in [3.05, 3.63) is 64.2 Å². The van der Waals surface area contributed by atoms with Crippen molar-refractivity contribution in [3.63, 3.8) is 0 Å². The Morgan fingerprint density at radius 2 is 2.04 bits per heavy atom. The molecule has 7 heteroatoms. The molecular formula is C21H25Cl2NO4. The summed E-state index contributed by atoms with van der Waals surface area (Å²) in [7, 11) is 0. The van der Waals surface area contributed by atoms with E-state index in [1.165, 1.54) is 0 Å². The third-order valence-electron chi connectivity index (χ3n) is 4.78. The molecule has 1 heterocycles. The first-order valence-electron chi connectivity index (χ1n) is 9.05. The molecule has 1 N–H and O–H groups in total. The van der Waals surface area contributed by atoms with Gasteiger partial charge in [0.15, 0.2) is 0 Å². The molecule has 0 radical (unpaired) electrons. The maximum atomic E-state index is 10.8. The van der Waals surface area contributed by atoms with Crippen molar-refractivity contribution in [1.29, 1.82) is 0 Å². The molecule has 0 aliphatic carbocycles. The minimum atomic E-state index is -0.770. The van der Waals surface area contributed by atoms with Crippen molar-refractivity contribution in [2.45, 2.75) is 26.1 Å². The van der Waals surface area contributed by atoms with Crippen LogP contribution in [0.5, 0.6) is 5.75 Å². The van der Waals surface area contributed by atoms with Crippen molar-refractivity contribution < 1.29 is 19.4 Å². The van der Waals surface area contributed by atoms with E-state index >= 15 is 0 Å². The Kier molecular flexibility index (Phi) is 8.58. The number of ether oxygens (including phenoxy) is 2. The highest BCUT2D eigenvalue weighted by atomic mass is 35.5. The number of carboxylic acids is 1. The standard InChI is InChI=1S/C21H24ClNO4.ClH/c1-15-3-2-4-19(22)18(15)14-27-17-7-5-16(6-8-17)20-13-23(11-12-26-20)10-9-21(24)25;/h2-8,20H,9-14H2,1H3,(H,24,25);1H. The zero-order chi connectivity index (χ0) is 19.2. The number of aryl methyl sites for hydroxylation is 1. The van der Waals surface area contributed by atoms with Gasteiger partial charge < -0.3 is 14.6 Å². The predicted octanol–water partition coefficient (Wildman–Crippen LogP) is 4.50. The summed E-state index contributed by atoms with van der Waals surface area (Å²) >= 11 is 6.24. The molecule has 0 spiro atoms. The highest BCUT2D eigenvalue weighted by Gasteiger charge is 2.22. The lowest BCUT2D eigenvalue weighted by atomic mass is 10.1. The second-order valence-electron chi connectivity index (χ2n) is 6.70. The zero-order valence-electron chi connectivity index (χ0n) is 15.8. The summed E-state index contributed by atoms with van der Waals surface area (Å²) < 4.78 is 11.7. The number of morpholine rings is 1. The summed E-state index contributed by atoms with van der Waals surface area (Å²) in [5.74, 6) is 0.00455. The van der Waals surface area contributed by atoms with E-state index in [0.717, 1.165) is 29.0 Å². The number of benzene rings is 2. The Morgan fingerprint density at radius 3 is 2.71 bits per heavy atom. The van der Waals surface area contributed by atoms with E-state index in [1.807, 2.05) is 49.4 Å². The first-order valence-corrected chi connectivity index (χ1v) is 9.43. The zero-order valence-corrected chi connectivity index (χ0v) is 17.3. The van der Waals surface area contributed by atoms with Gasteiger partial charge in [-0.1, -0.05) is 35.9 Å². The number of aliphatic carboxylic acids is 1. The number of carboxylic acid groups (broad SMARTS) is 1. The van der Waals surface area contributed by atoms with Crippen molar-refractivity contribution in [3.8, 4) is 5.75 Å². The fourth-order valence-electron chi connectivity index (χ4n) is 3.14. The molecule has 152 valence electrons. The highest BCUT2D eigenvalue weighted by molar-refractivity contribution is 6.31. The maximum absolute atomic E-state index is 10.8. The van der Waals surface area contributed by atoms with Crippen LogP contribution in [0.2, 0.25) is 5.02 Å². The third-order valence-corrected chi connectivity index (χ3v) is 5.13. The first kappa shape index (κ1) is 22.5. The van der Waals surface area contributed by atoms with E-state index in [4.69, 9.17) is 26.2 Å². The highest BCUT2D eigenvalue weighted by Crippen LogP contribution is 2.26. The van der Waals surface area contributed by atoms with Crippen LogP contribution in [0, 0.1) is 6.92 Å². The molecule has 0 amide bonds. The number of rotatable bonds is 7. The largest absolute Gasteiger partial charge is 0.489 e. The van der Waals surface area contributed by atoms with Gasteiger partial charge in [0, 0.05) is 30.2 Å². The SMILES string of the molecule is Cc1cccc(Cl)c1COc1ccc(C2CN(CCC(=O)O)CCO2)cc1.Cl. The molecule has 1 fully saturated rings. The molecule has 3 rings (SSSR count). The van der Waals surface area contributed by atoms with Gasteiger partial charge in [0.2, 0.25) is 0 Å². The second-order valence-corrected chi connectivity index (χ2v) is 7.10. The number of carbonyl (C=O) groups is 1. The second kappa shape index (κ2) is 10.7. The minimum absolute atomic E-state index is 0. The number of hydrogen-bond acceptors (Lipinski definition) is 4. The van der Waals surface area contributed by atoms with Crippen LogP contribution in [0.15, 0.2) is 42.5 Å². The number of hydrogen-bond donors (Lipinski definition) is 1. The van der Waals surface area contributed by atoms with Crippen LogP contribution >= 0.6 is 24.0 Å². The normalized spacial score (nSPS) is 17.0. The summed E-state index contributed by atoms with van der Waals surface area (Å²) in [6, 6.07) is 13.7. The molecule has 2 aromatic carbocycles. The Bertz CT molecular complexity index is 762. The van der Waals surface area contributed by atoms with Crippen molar-refractivity contribution in [2.75, 3.05) is 26.2 Å². The molecule has 1 unspecified atom stereocenters. The fourth-order valence-corrected chi connectivity index (χ4v) is 3.42. The summed E-state index contributed by atoms with van der Waals surface area (Å²) in [4.78, 5) is 12.9. The van der Waals surface area contributed by atoms with Gasteiger partial charge >= 0.3 is 5.97 Å². The van der Waals surface area contributed by atoms with E-state index in [9.17, 15) is 4.79 Å². The summed E-state index contributed by atoms with van der Waals surface area (Å²) in [6.07, 6.45) is 0.105. The van der Waals surface area contributed by atoms with Gasteiger partial charge in [-0.15, -0.1) is 12.4 Å². The third kappa shape index (κ3) is 6.11. The Morgan fingerprint density at radius 1 is 1.29 bits per heavy atom. The van der Waals surface area contributed by atoms with E-state index in [-0.39, 0.29) is 24.9 Å². The van der Waals surface area contributed by atoms with Gasteiger partial charge in [0.1, 0.15) is 12.4 Å². The van der Waals surface area contributed by atoms with Crippen molar-refractivity contribution in [1.82, 2.24) is 4.90 Å². The minimum Gasteiger partial charge on any atom is -0.489 e. The molecule has 2 aromatic rings. The average Bonchev–Trinajstić information content (AvgIpc) is 2.67. The van der Waals surface area contributed by atoms with E-state index in [1.54, 1.807) is 0 Å². The van der Waals surface area contributed by atoms with Crippen LogP contribution in [-0.4, -0.2) is 42.2 Å². The molecule has 0 aromatic heterocycles. The van der Waals surface area contributed by atoms with E-state index in [2.05, 4.69) is 4.90 Å². The summed E-state index contributed by atoms with van der Waals surface area (Å²) in [6.45, 7) is 5.06. The quantitative estimate of drug-likeness (QED) is 0.707. The summed E-state index contributed by atoms with van der Waals surface area (Å²) in [5, 5.41) is 9.56. The van der Waals surface area contributed by atoms with Gasteiger partial charge in [0.25, 0.3) is 0 Å². The smallest absolute Gasteiger partial charge is 0.304 e. The van der Waals surface area contributed by atoms with Crippen LogP contribution in [-0.2, 0) is 16.1 Å². The predicted molar refractivity (Wildman–Crippen MR) is 112 cm³/mol. The summed E-state index contributed by atoms with van der Waals surface area (Å²) in [5.41, 5.74) is 3.17. The lowest BCUT2D eigenvalue weighted by molar-refractivity contribution is -0.137. The molecule has 1 aliphatic rings. The molecule has 5 nitrogen and oxygen atoms in total. The van der Waals surface area contributed by atoms with Gasteiger partial charge in [0.05, 0.1) is 19.1 Å². The first-order chi connectivity index (χ1) is 13.0. The van der Waals surface area contributed by atoms with E-state index < -0.39 is 5.97 Å². The molecule has 28 heavy (non-hydrogen) atoms. The van der Waals surface area contributed by atoms with Crippen LogP contribution < -0.4 is 4.74 Å². The molecular weight excluding hydrogens is 401 g/mol. The lowest BCUT2D eigenvalue weighted by Gasteiger charge is -2.32. The lowest BCUT2D eigenvalue weighted by Crippen LogP contribution is -2.39. The monoisotopic (exact) mass is 425 g/mol. The Labute approximate surface area is 176 Å². The number of nitrogens with zero attached hydrogens (tertiary/aromatic N) is 1. The molecule has 0 saturated carbocycles. The number of halogens is 2. The fraction of sp³-hybridized carbons (Fsp3) is 0.381. The molecule has 1 aliphatic heterocycles. The average molecular weight is 426 g/mol. The van der Waals surface area contributed by atoms with Crippen LogP contribution in [0.1, 0.15) is 29.2 Å². The van der Waals surface area contributed by atoms with Gasteiger partial charge in [-0.2, -0.15) is 0 Å². The Balaban J connectivity index is 0.00000280. The maximum Gasteiger partial charge on any atom is 0.304 e. The molecule has 1 atom stereocenters. The van der Waals surface area contributed by atoms with E-state index in [0.29, 0.717) is 31.3 Å². The van der Waals surface area contributed by atoms with Gasteiger partial charge in [-0.25, -0.2) is 0 Å².